The molecule has 0 bridgehead atoms. The summed E-state index contributed by atoms with van der Waals surface area (Å²) in [5.74, 6) is -0.355. The van der Waals surface area contributed by atoms with Gasteiger partial charge in [0.05, 0.1) is 5.56 Å². The molecule has 0 aromatic heterocycles. The molecule has 1 aromatic carbocycles. The van der Waals surface area contributed by atoms with Crippen molar-refractivity contribution in [1.82, 2.24) is 4.90 Å². The Hall–Kier alpha value is -1.84. The normalized spacial score (nSPS) is 22.3. The van der Waals surface area contributed by atoms with E-state index in [4.69, 9.17) is 5.11 Å². The van der Waals surface area contributed by atoms with Gasteiger partial charge in [0.25, 0.3) is 5.91 Å². The molecule has 1 aliphatic rings. The minimum absolute atomic E-state index is 0.0901. The first kappa shape index (κ1) is 14.6. The van der Waals surface area contributed by atoms with Gasteiger partial charge in [-0.2, -0.15) is 0 Å². The van der Waals surface area contributed by atoms with Gasteiger partial charge >= 0.3 is 5.97 Å². The zero-order valence-electron chi connectivity index (χ0n) is 12.0. The van der Waals surface area contributed by atoms with Gasteiger partial charge in [0, 0.05) is 18.7 Å². The molecular weight excluding hydrogens is 254 g/mol. The molecule has 1 saturated carbocycles. The summed E-state index contributed by atoms with van der Waals surface area (Å²) in [7, 11) is 1.82. The summed E-state index contributed by atoms with van der Waals surface area (Å²) < 4.78 is 0. The molecule has 0 unspecified atom stereocenters. The molecule has 0 spiro atoms. The number of benzene rings is 1. The summed E-state index contributed by atoms with van der Waals surface area (Å²) >= 11 is 0. The van der Waals surface area contributed by atoms with Crippen LogP contribution in [-0.4, -0.2) is 35.0 Å². The molecule has 20 heavy (non-hydrogen) atoms. The molecule has 1 aromatic rings. The van der Waals surface area contributed by atoms with E-state index in [2.05, 4.69) is 6.92 Å². The summed E-state index contributed by atoms with van der Waals surface area (Å²) in [6.45, 7) is 2.24. The van der Waals surface area contributed by atoms with Crippen molar-refractivity contribution in [3.05, 3.63) is 35.4 Å². The fraction of sp³-hybridized carbons (Fsp3) is 0.500. The van der Waals surface area contributed by atoms with Gasteiger partial charge in [-0.15, -0.1) is 0 Å². The maximum Gasteiger partial charge on any atom is 0.335 e. The Kier molecular flexibility index (Phi) is 4.42. The van der Waals surface area contributed by atoms with Gasteiger partial charge in [0.2, 0.25) is 0 Å². The summed E-state index contributed by atoms with van der Waals surface area (Å²) in [5, 5.41) is 8.98. The lowest BCUT2D eigenvalue weighted by Crippen LogP contribution is -2.39. The second kappa shape index (κ2) is 6.07. The zero-order valence-corrected chi connectivity index (χ0v) is 12.0. The molecular formula is C16H21NO3. The highest BCUT2D eigenvalue weighted by Crippen LogP contribution is 2.27. The number of carbonyl (C=O) groups is 2. The van der Waals surface area contributed by atoms with E-state index in [1.165, 1.54) is 12.1 Å². The summed E-state index contributed by atoms with van der Waals surface area (Å²) in [6.07, 6.45) is 4.36. The van der Waals surface area contributed by atoms with Crippen LogP contribution in [-0.2, 0) is 0 Å². The highest BCUT2D eigenvalue weighted by Gasteiger charge is 2.25. The summed E-state index contributed by atoms with van der Waals surface area (Å²) in [4.78, 5) is 25.2. The van der Waals surface area contributed by atoms with Crippen LogP contribution in [0.1, 0.15) is 53.3 Å². The number of hydrogen-bond donors (Lipinski definition) is 1. The van der Waals surface area contributed by atoms with Crippen molar-refractivity contribution >= 4 is 11.9 Å². The first-order valence-corrected chi connectivity index (χ1v) is 7.09. The second-order valence-corrected chi connectivity index (χ2v) is 5.72. The fourth-order valence-electron chi connectivity index (χ4n) is 2.78. The maximum absolute atomic E-state index is 12.4. The van der Waals surface area contributed by atoms with E-state index in [-0.39, 0.29) is 17.5 Å². The Labute approximate surface area is 119 Å². The number of carbonyl (C=O) groups excluding carboxylic acids is 1. The van der Waals surface area contributed by atoms with Crippen molar-refractivity contribution in [2.45, 2.75) is 38.6 Å². The number of nitrogens with zero attached hydrogens (tertiary/aromatic N) is 1. The topological polar surface area (TPSA) is 57.6 Å². The van der Waals surface area contributed by atoms with Crippen molar-refractivity contribution in [3.8, 4) is 0 Å². The highest BCUT2D eigenvalue weighted by atomic mass is 16.4. The van der Waals surface area contributed by atoms with Crippen LogP contribution in [0.5, 0.6) is 0 Å². The van der Waals surface area contributed by atoms with Gasteiger partial charge in [-0.05, 0) is 49.8 Å². The zero-order chi connectivity index (χ0) is 14.7. The summed E-state index contributed by atoms with van der Waals surface area (Å²) in [5.41, 5.74) is 0.604. The first-order valence-electron chi connectivity index (χ1n) is 7.09. The molecule has 1 fully saturated rings. The van der Waals surface area contributed by atoms with Crippen LogP contribution in [0, 0.1) is 5.92 Å². The van der Waals surface area contributed by atoms with Crippen molar-refractivity contribution in [3.63, 3.8) is 0 Å². The predicted octanol–water partition coefficient (Wildman–Crippen LogP) is 3.04. The Bertz CT molecular complexity index is 504. The number of carboxylic acids is 1. The largest absolute Gasteiger partial charge is 0.478 e. The first-order chi connectivity index (χ1) is 9.49. The molecule has 4 heteroatoms. The van der Waals surface area contributed by atoms with Gasteiger partial charge in [-0.1, -0.05) is 13.0 Å². The highest BCUT2D eigenvalue weighted by molar-refractivity contribution is 5.97. The summed E-state index contributed by atoms with van der Waals surface area (Å²) in [6, 6.07) is 6.52. The Morgan fingerprint density at radius 3 is 2.35 bits per heavy atom. The number of carboxylic acid groups (broad SMARTS) is 1. The van der Waals surface area contributed by atoms with Gasteiger partial charge in [0.1, 0.15) is 0 Å². The van der Waals surface area contributed by atoms with E-state index in [1.807, 2.05) is 7.05 Å². The van der Waals surface area contributed by atoms with Crippen LogP contribution >= 0.6 is 0 Å². The van der Waals surface area contributed by atoms with E-state index in [0.717, 1.165) is 31.6 Å². The lowest BCUT2D eigenvalue weighted by molar-refractivity contribution is 0.0679. The molecule has 0 radical (unpaired) electrons. The molecule has 1 N–H and O–H groups in total. The standard InChI is InChI=1S/C16H21NO3/c1-11-6-8-14(9-7-11)17(2)15(18)12-4-3-5-13(10-12)16(19)20/h3-5,10-11,14H,6-9H2,1-2H3,(H,19,20). The van der Waals surface area contributed by atoms with Crippen molar-refractivity contribution in [2.75, 3.05) is 7.05 Å². The SMILES string of the molecule is CC1CCC(N(C)C(=O)c2cccc(C(=O)O)c2)CC1. The molecule has 108 valence electrons. The van der Waals surface area contributed by atoms with Crippen molar-refractivity contribution < 1.29 is 14.7 Å². The molecule has 0 atom stereocenters. The minimum Gasteiger partial charge on any atom is -0.478 e. The van der Waals surface area contributed by atoms with Crippen LogP contribution in [0.15, 0.2) is 24.3 Å². The van der Waals surface area contributed by atoms with E-state index in [0.29, 0.717) is 5.56 Å². The van der Waals surface area contributed by atoms with Crippen molar-refractivity contribution in [1.29, 1.82) is 0 Å². The molecule has 0 aliphatic heterocycles. The van der Waals surface area contributed by atoms with Gasteiger partial charge in [-0.25, -0.2) is 4.79 Å². The predicted molar refractivity (Wildman–Crippen MR) is 76.9 cm³/mol. The van der Waals surface area contributed by atoms with E-state index in [9.17, 15) is 9.59 Å². The lowest BCUT2D eigenvalue weighted by Gasteiger charge is -2.33. The van der Waals surface area contributed by atoms with Gasteiger partial charge in [0.15, 0.2) is 0 Å². The van der Waals surface area contributed by atoms with Crippen LogP contribution in [0.25, 0.3) is 0 Å². The average Bonchev–Trinajstić information content (AvgIpc) is 2.46. The molecule has 1 aliphatic carbocycles. The molecule has 4 nitrogen and oxygen atoms in total. The molecule has 1 amide bonds. The smallest absolute Gasteiger partial charge is 0.335 e. The van der Waals surface area contributed by atoms with Gasteiger partial charge in [-0.3, -0.25) is 4.79 Å². The van der Waals surface area contributed by atoms with Crippen LogP contribution < -0.4 is 0 Å². The monoisotopic (exact) mass is 275 g/mol. The van der Waals surface area contributed by atoms with Crippen LogP contribution in [0.2, 0.25) is 0 Å². The number of hydrogen-bond acceptors (Lipinski definition) is 2. The Balaban J connectivity index is 2.10. The van der Waals surface area contributed by atoms with E-state index in [1.54, 1.807) is 17.0 Å². The fourth-order valence-corrected chi connectivity index (χ4v) is 2.78. The Morgan fingerprint density at radius 1 is 1.15 bits per heavy atom. The van der Waals surface area contributed by atoms with E-state index >= 15 is 0 Å². The van der Waals surface area contributed by atoms with Crippen LogP contribution in [0.4, 0.5) is 0 Å². The van der Waals surface area contributed by atoms with Gasteiger partial charge < -0.3 is 10.0 Å². The molecule has 2 rings (SSSR count). The van der Waals surface area contributed by atoms with Crippen LogP contribution in [0.3, 0.4) is 0 Å². The number of amides is 1. The third kappa shape index (κ3) is 3.18. The minimum atomic E-state index is -1.01. The maximum atomic E-state index is 12.4. The van der Waals surface area contributed by atoms with E-state index < -0.39 is 5.97 Å². The number of aromatic carboxylic acids is 1. The number of rotatable bonds is 3. The molecule has 0 saturated heterocycles. The van der Waals surface area contributed by atoms with Crippen molar-refractivity contribution in [2.24, 2.45) is 5.92 Å². The third-order valence-corrected chi connectivity index (χ3v) is 4.21. The quantitative estimate of drug-likeness (QED) is 0.922. The average molecular weight is 275 g/mol. The second-order valence-electron chi connectivity index (χ2n) is 5.72. The molecule has 0 heterocycles. The Morgan fingerprint density at radius 2 is 1.75 bits per heavy atom. The lowest BCUT2D eigenvalue weighted by atomic mass is 9.86. The third-order valence-electron chi connectivity index (χ3n) is 4.21.